The summed E-state index contributed by atoms with van der Waals surface area (Å²) in [6, 6.07) is 11.5. The van der Waals surface area contributed by atoms with E-state index in [1.165, 1.54) is 39.8 Å². The van der Waals surface area contributed by atoms with Gasteiger partial charge >= 0.3 is 12.1 Å². The average Bonchev–Trinajstić information content (AvgIpc) is 2.90. The highest BCUT2D eigenvalue weighted by atomic mass is 16.6. The largest absolute Gasteiger partial charge is 0.497 e. The van der Waals surface area contributed by atoms with Crippen LogP contribution in [0.25, 0.3) is 0 Å². The Balaban J connectivity index is 2.11. The van der Waals surface area contributed by atoms with E-state index in [2.05, 4.69) is 15.3 Å². The number of nitrogens with zero attached hydrogens (tertiary/aromatic N) is 2. The fourth-order valence-corrected chi connectivity index (χ4v) is 3.72. The Morgan fingerprint density at radius 1 is 0.947 bits per heavy atom. The summed E-state index contributed by atoms with van der Waals surface area (Å²) in [6.07, 6.45) is 2.36. The van der Waals surface area contributed by atoms with Crippen molar-refractivity contribution in [3.05, 3.63) is 77.4 Å². The first kappa shape index (κ1) is 28.1. The second-order valence-electron chi connectivity index (χ2n) is 9.32. The van der Waals surface area contributed by atoms with Gasteiger partial charge in [-0.3, -0.25) is 15.1 Å². The van der Waals surface area contributed by atoms with Gasteiger partial charge in [0.1, 0.15) is 22.8 Å². The summed E-state index contributed by atoms with van der Waals surface area (Å²) < 4.78 is 20.8. The summed E-state index contributed by atoms with van der Waals surface area (Å²) in [6.45, 7) is 5.25. The van der Waals surface area contributed by atoms with E-state index in [0.717, 1.165) is 0 Å². The number of aromatic nitrogens is 2. The third kappa shape index (κ3) is 7.28. The van der Waals surface area contributed by atoms with Crippen LogP contribution in [0, 0.1) is 0 Å². The van der Waals surface area contributed by atoms with Crippen molar-refractivity contribution >= 4 is 23.5 Å². The Labute approximate surface area is 221 Å². The summed E-state index contributed by atoms with van der Waals surface area (Å²) in [5, 5.41) is 2.75. The zero-order valence-corrected chi connectivity index (χ0v) is 22.2. The van der Waals surface area contributed by atoms with E-state index in [4.69, 9.17) is 18.9 Å². The minimum absolute atomic E-state index is 0.107. The Kier molecular flexibility index (Phi) is 9.01. The summed E-state index contributed by atoms with van der Waals surface area (Å²) in [7, 11) is 4.25. The third-order valence-electron chi connectivity index (χ3n) is 5.44. The average molecular weight is 522 g/mol. The zero-order chi connectivity index (χ0) is 27.9. The van der Waals surface area contributed by atoms with Crippen LogP contribution in [-0.2, 0) is 15.9 Å². The van der Waals surface area contributed by atoms with Gasteiger partial charge in [0, 0.05) is 29.9 Å². The molecule has 3 rings (SSSR count). The van der Waals surface area contributed by atoms with Gasteiger partial charge in [-0.1, -0.05) is 12.1 Å². The number of methoxy groups -OCH3 is 3. The number of rotatable bonds is 9. The number of anilines is 1. The Hall–Kier alpha value is -4.47. The second-order valence-corrected chi connectivity index (χ2v) is 9.32. The fourth-order valence-electron chi connectivity index (χ4n) is 3.72. The standard InChI is InChI=1S/C28H31N3O7/c1-28(2,3)38-27(34)31-24-14-19(35-4)10-11-21(24)22(25(32)17-12-20(36-5)16-29-15-17)13-18-8-7-9-23(30-18)26(33)37-6/h7-12,14-16,22H,13H2,1-6H3,(H,31,34). The van der Waals surface area contributed by atoms with Crippen LogP contribution < -0.4 is 14.8 Å². The first-order chi connectivity index (χ1) is 18.0. The van der Waals surface area contributed by atoms with E-state index in [-0.39, 0.29) is 17.9 Å². The third-order valence-corrected chi connectivity index (χ3v) is 5.44. The topological polar surface area (TPSA) is 126 Å². The zero-order valence-electron chi connectivity index (χ0n) is 22.2. The minimum Gasteiger partial charge on any atom is -0.497 e. The van der Waals surface area contributed by atoms with Crippen LogP contribution in [0.2, 0.25) is 0 Å². The lowest BCUT2D eigenvalue weighted by Gasteiger charge is -2.23. The van der Waals surface area contributed by atoms with Crippen molar-refractivity contribution in [3.8, 4) is 11.5 Å². The van der Waals surface area contributed by atoms with E-state index in [9.17, 15) is 14.4 Å². The van der Waals surface area contributed by atoms with Crippen LogP contribution in [0.3, 0.4) is 0 Å². The molecule has 0 aliphatic heterocycles. The van der Waals surface area contributed by atoms with Gasteiger partial charge in [0.15, 0.2) is 5.78 Å². The van der Waals surface area contributed by atoms with E-state index in [1.807, 2.05) is 0 Å². The molecular formula is C28H31N3O7. The van der Waals surface area contributed by atoms with Crippen LogP contribution >= 0.6 is 0 Å². The molecule has 200 valence electrons. The van der Waals surface area contributed by atoms with Gasteiger partial charge in [-0.05, 0) is 50.6 Å². The molecule has 0 aliphatic carbocycles. The van der Waals surface area contributed by atoms with Crippen molar-refractivity contribution in [1.29, 1.82) is 0 Å². The van der Waals surface area contributed by atoms with Crippen molar-refractivity contribution in [2.45, 2.75) is 38.7 Å². The number of carbonyl (C=O) groups is 3. The molecule has 1 amide bonds. The van der Waals surface area contributed by atoms with Gasteiger partial charge in [-0.2, -0.15) is 0 Å². The number of hydrogen-bond acceptors (Lipinski definition) is 9. The molecule has 0 bridgehead atoms. The van der Waals surface area contributed by atoms with Gasteiger partial charge in [0.25, 0.3) is 0 Å². The number of ether oxygens (including phenoxy) is 4. The molecule has 38 heavy (non-hydrogen) atoms. The maximum Gasteiger partial charge on any atom is 0.412 e. The van der Waals surface area contributed by atoms with E-state index in [1.54, 1.807) is 57.2 Å². The number of nitrogens with one attached hydrogen (secondary N) is 1. The second kappa shape index (κ2) is 12.2. The van der Waals surface area contributed by atoms with Crippen LogP contribution in [0.15, 0.2) is 54.9 Å². The normalized spacial score (nSPS) is 11.7. The summed E-state index contributed by atoms with van der Waals surface area (Å²) in [5.74, 6) is -0.829. The van der Waals surface area contributed by atoms with Crippen molar-refractivity contribution < 1.29 is 33.3 Å². The first-order valence-corrected chi connectivity index (χ1v) is 11.8. The minimum atomic E-state index is -0.833. The van der Waals surface area contributed by atoms with Gasteiger partial charge in [-0.15, -0.1) is 0 Å². The molecule has 0 fully saturated rings. The van der Waals surface area contributed by atoms with Crippen LogP contribution in [0.5, 0.6) is 11.5 Å². The summed E-state index contributed by atoms with van der Waals surface area (Å²) in [4.78, 5) is 47.2. The van der Waals surface area contributed by atoms with E-state index in [0.29, 0.717) is 34.0 Å². The lowest BCUT2D eigenvalue weighted by atomic mass is 9.86. The smallest absolute Gasteiger partial charge is 0.412 e. The molecule has 0 spiro atoms. The molecule has 1 aromatic carbocycles. The highest BCUT2D eigenvalue weighted by Gasteiger charge is 2.28. The molecule has 0 saturated heterocycles. The van der Waals surface area contributed by atoms with Crippen molar-refractivity contribution in [3.63, 3.8) is 0 Å². The van der Waals surface area contributed by atoms with E-state index >= 15 is 0 Å². The molecule has 3 aromatic rings. The number of carbonyl (C=O) groups excluding carboxylic acids is 3. The van der Waals surface area contributed by atoms with Crippen LogP contribution in [0.1, 0.15) is 58.8 Å². The highest BCUT2D eigenvalue weighted by molar-refractivity contribution is 6.02. The molecule has 0 saturated carbocycles. The van der Waals surface area contributed by atoms with Crippen molar-refractivity contribution in [2.24, 2.45) is 0 Å². The fraction of sp³-hybridized carbons (Fsp3) is 0.321. The summed E-state index contributed by atoms with van der Waals surface area (Å²) >= 11 is 0. The van der Waals surface area contributed by atoms with E-state index < -0.39 is 23.6 Å². The quantitative estimate of drug-likeness (QED) is 0.311. The number of esters is 1. The lowest BCUT2D eigenvalue weighted by molar-refractivity contribution is 0.0591. The SMILES string of the molecule is COC(=O)c1cccc(CC(C(=O)c2cncc(OC)c2)c2ccc(OC)cc2NC(=O)OC(C)(C)C)n1. The molecule has 2 heterocycles. The van der Waals surface area contributed by atoms with Gasteiger partial charge in [-0.25, -0.2) is 14.6 Å². The monoisotopic (exact) mass is 521 g/mol. The predicted molar refractivity (Wildman–Crippen MR) is 140 cm³/mol. The van der Waals surface area contributed by atoms with Gasteiger partial charge < -0.3 is 18.9 Å². The van der Waals surface area contributed by atoms with Crippen LogP contribution in [0.4, 0.5) is 10.5 Å². The molecule has 10 nitrogen and oxygen atoms in total. The number of benzene rings is 1. The Morgan fingerprint density at radius 2 is 1.68 bits per heavy atom. The summed E-state index contributed by atoms with van der Waals surface area (Å²) in [5.41, 5.74) is 0.981. The number of pyridine rings is 2. The maximum absolute atomic E-state index is 13.9. The molecule has 0 radical (unpaired) electrons. The van der Waals surface area contributed by atoms with Crippen molar-refractivity contribution in [1.82, 2.24) is 9.97 Å². The molecule has 1 unspecified atom stereocenters. The van der Waals surface area contributed by atoms with Gasteiger partial charge in [0.2, 0.25) is 0 Å². The molecule has 1 atom stereocenters. The first-order valence-electron chi connectivity index (χ1n) is 11.8. The number of hydrogen-bond donors (Lipinski definition) is 1. The number of Topliss-reactive ketones (excluding diaryl/α,β-unsaturated/α-hetero) is 1. The molecule has 10 heteroatoms. The lowest BCUT2D eigenvalue weighted by Crippen LogP contribution is -2.28. The van der Waals surface area contributed by atoms with Gasteiger partial charge in [0.05, 0.1) is 39.1 Å². The molecule has 1 N–H and O–H groups in total. The van der Waals surface area contributed by atoms with Crippen molar-refractivity contribution in [2.75, 3.05) is 26.6 Å². The number of amides is 1. The Bertz CT molecular complexity index is 1320. The predicted octanol–water partition coefficient (Wildman–Crippen LogP) is 4.84. The highest BCUT2D eigenvalue weighted by Crippen LogP contribution is 2.34. The number of ketones is 1. The molecular weight excluding hydrogens is 490 g/mol. The van der Waals surface area contributed by atoms with Crippen LogP contribution in [-0.4, -0.2) is 54.7 Å². The maximum atomic E-state index is 13.9. The Morgan fingerprint density at radius 3 is 2.34 bits per heavy atom. The molecule has 0 aliphatic rings. The molecule has 2 aromatic heterocycles.